The fourth-order valence-corrected chi connectivity index (χ4v) is 3.37. The average Bonchev–Trinajstić information content (AvgIpc) is 2.62. The zero-order valence-corrected chi connectivity index (χ0v) is 15.4. The lowest BCUT2D eigenvalue weighted by atomic mass is 10.0. The van der Waals surface area contributed by atoms with E-state index in [2.05, 4.69) is 41.4 Å². The minimum Gasteiger partial charge on any atom is -0.383 e. The maximum atomic E-state index is 12.2. The number of para-hydroxylation sites is 1. The van der Waals surface area contributed by atoms with Gasteiger partial charge in [-0.1, -0.05) is 24.3 Å². The number of hydrogen-bond donors (Lipinski definition) is 1. The summed E-state index contributed by atoms with van der Waals surface area (Å²) in [6, 6.07) is 14.6. The minimum atomic E-state index is 0.0352. The molecule has 0 fully saturated rings. The molecule has 25 heavy (non-hydrogen) atoms. The van der Waals surface area contributed by atoms with Crippen molar-refractivity contribution < 1.29 is 4.79 Å². The first-order valence-electron chi connectivity index (χ1n) is 8.95. The monoisotopic (exact) mass is 337 g/mol. The van der Waals surface area contributed by atoms with Gasteiger partial charge in [0, 0.05) is 50.7 Å². The van der Waals surface area contributed by atoms with Crippen LogP contribution in [0.15, 0.2) is 42.5 Å². The molecule has 2 aromatic carbocycles. The average molecular weight is 337 g/mol. The summed E-state index contributed by atoms with van der Waals surface area (Å²) in [5.41, 5.74) is 5.74. The van der Waals surface area contributed by atoms with Crippen molar-refractivity contribution in [2.24, 2.45) is 0 Å². The fraction of sp³-hybridized carbons (Fsp3) is 0.381. The van der Waals surface area contributed by atoms with Crippen molar-refractivity contribution in [1.82, 2.24) is 4.90 Å². The third-order valence-electron chi connectivity index (χ3n) is 4.79. The van der Waals surface area contributed by atoms with Gasteiger partial charge >= 0.3 is 0 Å². The van der Waals surface area contributed by atoms with Gasteiger partial charge in [0.1, 0.15) is 0 Å². The van der Waals surface area contributed by atoms with Crippen LogP contribution in [0.1, 0.15) is 27.9 Å². The van der Waals surface area contributed by atoms with Crippen LogP contribution in [0.25, 0.3) is 0 Å². The first-order chi connectivity index (χ1) is 12.1. The van der Waals surface area contributed by atoms with Gasteiger partial charge in [0.05, 0.1) is 0 Å². The lowest BCUT2D eigenvalue weighted by Crippen LogP contribution is -2.33. The third kappa shape index (κ3) is 3.95. The van der Waals surface area contributed by atoms with Crippen molar-refractivity contribution in [3.63, 3.8) is 0 Å². The SMILES string of the molecule is Cc1ccc(C(=O)N(C)C)cc1NCCN1CCCc2ccccc21. The van der Waals surface area contributed by atoms with E-state index >= 15 is 0 Å². The molecule has 0 bridgehead atoms. The summed E-state index contributed by atoms with van der Waals surface area (Å²) in [6.45, 7) is 5.00. The normalized spacial score (nSPS) is 13.3. The Labute approximate surface area is 150 Å². The van der Waals surface area contributed by atoms with Crippen molar-refractivity contribution in [1.29, 1.82) is 0 Å². The second-order valence-electron chi connectivity index (χ2n) is 6.88. The molecule has 0 aromatic heterocycles. The zero-order chi connectivity index (χ0) is 17.8. The number of fused-ring (bicyclic) bond motifs is 1. The molecule has 0 aliphatic carbocycles. The van der Waals surface area contributed by atoms with Gasteiger partial charge in [-0.05, 0) is 49.1 Å². The summed E-state index contributed by atoms with van der Waals surface area (Å²) in [4.78, 5) is 16.2. The van der Waals surface area contributed by atoms with Crippen LogP contribution in [0.5, 0.6) is 0 Å². The highest BCUT2D eigenvalue weighted by molar-refractivity contribution is 5.95. The second-order valence-corrected chi connectivity index (χ2v) is 6.88. The quantitative estimate of drug-likeness (QED) is 0.906. The van der Waals surface area contributed by atoms with Gasteiger partial charge in [0.25, 0.3) is 5.91 Å². The van der Waals surface area contributed by atoms with Crippen molar-refractivity contribution in [3.8, 4) is 0 Å². The number of carbonyl (C=O) groups is 1. The molecule has 3 rings (SSSR count). The summed E-state index contributed by atoms with van der Waals surface area (Å²) in [6.07, 6.45) is 2.39. The van der Waals surface area contributed by atoms with E-state index in [-0.39, 0.29) is 5.91 Å². The second kappa shape index (κ2) is 7.60. The molecular weight excluding hydrogens is 310 g/mol. The Kier molecular flexibility index (Phi) is 5.27. The zero-order valence-electron chi connectivity index (χ0n) is 15.4. The highest BCUT2D eigenvalue weighted by Crippen LogP contribution is 2.26. The van der Waals surface area contributed by atoms with E-state index in [1.54, 1.807) is 19.0 Å². The Bertz CT molecular complexity index is 755. The van der Waals surface area contributed by atoms with Crippen LogP contribution in [0, 0.1) is 6.92 Å². The topological polar surface area (TPSA) is 35.6 Å². The van der Waals surface area contributed by atoms with E-state index < -0.39 is 0 Å². The van der Waals surface area contributed by atoms with Crippen LogP contribution in [-0.4, -0.2) is 44.5 Å². The Morgan fingerprint density at radius 1 is 1.20 bits per heavy atom. The lowest BCUT2D eigenvalue weighted by molar-refractivity contribution is 0.0827. The first kappa shape index (κ1) is 17.3. The van der Waals surface area contributed by atoms with Gasteiger partial charge in [0.2, 0.25) is 0 Å². The summed E-state index contributed by atoms with van der Waals surface area (Å²) in [7, 11) is 3.56. The standard InChI is InChI=1S/C21H27N3O/c1-16-10-11-18(21(25)23(2)3)15-19(16)22-12-14-24-13-6-8-17-7-4-5-9-20(17)24/h4-5,7,9-11,15,22H,6,8,12-14H2,1-3H3. The van der Waals surface area contributed by atoms with Crippen LogP contribution >= 0.6 is 0 Å². The van der Waals surface area contributed by atoms with Gasteiger partial charge in [-0.25, -0.2) is 0 Å². The number of benzene rings is 2. The molecule has 0 spiro atoms. The Hall–Kier alpha value is -2.49. The predicted molar refractivity (Wildman–Crippen MR) is 105 cm³/mol. The Morgan fingerprint density at radius 3 is 2.80 bits per heavy atom. The summed E-state index contributed by atoms with van der Waals surface area (Å²) in [5, 5.41) is 3.51. The molecule has 0 radical (unpaired) electrons. The van der Waals surface area contributed by atoms with E-state index in [0.717, 1.165) is 36.4 Å². The number of nitrogens with zero attached hydrogens (tertiary/aromatic N) is 2. The molecule has 4 nitrogen and oxygen atoms in total. The molecule has 0 saturated heterocycles. The molecular formula is C21H27N3O. The van der Waals surface area contributed by atoms with E-state index in [0.29, 0.717) is 0 Å². The first-order valence-corrected chi connectivity index (χ1v) is 8.95. The van der Waals surface area contributed by atoms with Crippen molar-refractivity contribution in [2.45, 2.75) is 19.8 Å². The molecule has 1 aliphatic heterocycles. The fourth-order valence-electron chi connectivity index (χ4n) is 3.37. The van der Waals surface area contributed by atoms with E-state index in [4.69, 9.17) is 0 Å². The number of nitrogens with one attached hydrogen (secondary N) is 1. The van der Waals surface area contributed by atoms with E-state index in [9.17, 15) is 4.79 Å². The maximum absolute atomic E-state index is 12.2. The van der Waals surface area contributed by atoms with Crippen LogP contribution in [-0.2, 0) is 6.42 Å². The Morgan fingerprint density at radius 2 is 2.00 bits per heavy atom. The molecule has 1 N–H and O–H groups in total. The highest BCUT2D eigenvalue weighted by Gasteiger charge is 2.16. The van der Waals surface area contributed by atoms with E-state index in [1.165, 1.54) is 24.1 Å². The van der Waals surface area contributed by atoms with Gasteiger partial charge in [-0.15, -0.1) is 0 Å². The predicted octanol–water partition coefficient (Wildman–Crippen LogP) is 3.56. The summed E-state index contributed by atoms with van der Waals surface area (Å²) in [5.74, 6) is 0.0352. The molecule has 2 aromatic rings. The van der Waals surface area contributed by atoms with Gasteiger partial charge < -0.3 is 15.1 Å². The number of carbonyl (C=O) groups excluding carboxylic acids is 1. The van der Waals surface area contributed by atoms with E-state index in [1.807, 2.05) is 18.2 Å². The number of rotatable bonds is 5. The molecule has 0 saturated carbocycles. The molecule has 1 aliphatic rings. The number of amides is 1. The van der Waals surface area contributed by atoms with Crippen LogP contribution in [0.3, 0.4) is 0 Å². The summed E-state index contributed by atoms with van der Waals surface area (Å²) >= 11 is 0. The van der Waals surface area contributed by atoms with Gasteiger partial charge in [0.15, 0.2) is 0 Å². The molecule has 0 unspecified atom stereocenters. The van der Waals surface area contributed by atoms with Gasteiger partial charge in [-0.3, -0.25) is 4.79 Å². The number of hydrogen-bond acceptors (Lipinski definition) is 3. The van der Waals surface area contributed by atoms with Crippen molar-refractivity contribution >= 4 is 17.3 Å². The smallest absolute Gasteiger partial charge is 0.253 e. The van der Waals surface area contributed by atoms with Crippen molar-refractivity contribution in [3.05, 3.63) is 59.2 Å². The minimum absolute atomic E-state index is 0.0352. The summed E-state index contributed by atoms with van der Waals surface area (Å²) < 4.78 is 0. The highest BCUT2D eigenvalue weighted by atomic mass is 16.2. The maximum Gasteiger partial charge on any atom is 0.253 e. The van der Waals surface area contributed by atoms with Crippen LogP contribution < -0.4 is 10.2 Å². The lowest BCUT2D eigenvalue weighted by Gasteiger charge is -2.31. The Balaban J connectivity index is 1.65. The number of anilines is 2. The molecule has 1 heterocycles. The molecule has 132 valence electrons. The molecule has 0 atom stereocenters. The molecule has 1 amide bonds. The number of aryl methyl sites for hydroxylation is 2. The van der Waals surface area contributed by atoms with Gasteiger partial charge in [-0.2, -0.15) is 0 Å². The third-order valence-corrected chi connectivity index (χ3v) is 4.79. The van der Waals surface area contributed by atoms with Crippen LogP contribution in [0.4, 0.5) is 11.4 Å². The van der Waals surface area contributed by atoms with Crippen LogP contribution in [0.2, 0.25) is 0 Å². The largest absolute Gasteiger partial charge is 0.383 e. The van der Waals surface area contributed by atoms with Crippen molar-refractivity contribution in [2.75, 3.05) is 43.9 Å². The molecule has 4 heteroatoms.